The Kier molecular flexibility index (Phi) is 4.59. The molecule has 1 aliphatic carbocycles. The minimum Gasteiger partial charge on any atom is -0.480 e. The van der Waals surface area contributed by atoms with E-state index in [2.05, 4.69) is 5.32 Å². The summed E-state index contributed by atoms with van der Waals surface area (Å²) in [4.78, 5) is 38.0. The number of carboxylic acids is 1. The van der Waals surface area contributed by atoms with Gasteiger partial charge in [-0.25, -0.2) is 4.79 Å². The standard InChI is InChI=1S/C17H22N2O5/c1-10(18-15(20)14-7-4-8-24-14)16(21)19-12-6-3-2-5-11(12)9-13(19)17(22)23/h4,7-8,10-13H,2-3,5-6,9H2,1H3,(H,18,20)(H,22,23). The molecule has 4 atom stereocenters. The molecule has 4 unspecified atom stereocenters. The minimum absolute atomic E-state index is 0.0321. The molecule has 2 N–H and O–H groups in total. The molecule has 0 bridgehead atoms. The number of fused-ring (bicyclic) bond motifs is 1. The van der Waals surface area contributed by atoms with Crippen LogP contribution >= 0.6 is 0 Å². The van der Waals surface area contributed by atoms with Gasteiger partial charge in [0.2, 0.25) is 5.91 Å². The third-order valence-corrected chi connectivity index (χ3v) is 5.09. The highest BCUT2D eigenvalue weighted by molar-refractivity contribution is 5.96. The van der Waals surface area contributed by atoms with Crippen molar-refractivity contribution in [2.24, 2.45) is 5.92 Å². The number of aliphatic carboxylic acids is 1. The van der Waals surface area contributed by atoms with E-state index < -0.39 is 24.0 Å². The number of amides is 2. The maximum atomic E-state index is 12.8. The number of nitrogens with zero attached hydrogens (tertiary/aromatic N) is 1. The highest BCUT2D eigenvalue weighted by Gasteiger charge is 2.48. The smallest absolute Gasteiger partial charge is 0.326 e. The van der Waals surface area contributed by atoms with Crippen molar-refractivity contribution in [2.45, 2.75) is 57.2 Å². The molecule has 24 heavy (non-hydrogen) atoms. The van der Waals surface area contributed by atoms with Gasteiger partial charge in [0.25, 0.3) is 5.91 Å². The van der Waals surface area contributed by atoms with Crippen LogP contribution in [0.1, 0.15) is 49.6 Å². The van der Waals surface area contributed by atoms with E-state index in [1.54, 1.807) is 13.0 Å². The predicted octanol–water partition coefficient (Wildman–Crippen LogP) is 1.64. The lowest BCUT2D eigenvalue weighted by atomic mass is 9.84. The Labute approximate surface area is 140 Å². The van der Waals surface area contributed by atoms with Crippen molar-refractivity contribution in [3.05, 3.63) is 24.2 Å². The van der Waals surface area contributed by atoms with Crippen LogP contribution in [0.25, 0.3) is 0 Å². The highest BCUT2D eigenvalue weighted by Crippen LogP contribution is 2.40. The van der Waals surface area contributed by atoms with Gasteiger partial charge in [0.1, 0.15) is 12.1 Å². The Bertz CT molecular complexity index is 627. The molecule has 1 saturated heterocycles. The molecule has 0 spiro atoms. The van der Waals surface area contributed by atoms with Gasteiger partial charge in [0.15, 0.2) is 5.76 Å². The summed E-state index contributed by atoms with van der Waals surface area (Å²) in [5, 5.41) is 12.1. The summed E-state index contributed by atoms with van der Waals surface area (Å²) in [7, 11) is 0. The Morgan fingerprint density at radius 2 is 2.08 bits per heavy atom. The first-order chi connectivity index (χ1) is 11.5. The van der Waals surface area contributed by atoms with E-state index in [9.17, 15) is 19.5 Å². The fraction of sp³-hybridized carbons (Fsp3) is 0.588. The molecule has 1 aromatic rings. The largest absolute Gasteiger partial charge is 0.480 e. The lowest BCUT2D eigenvalue weighted by molar-refractivity contribution is -0.150. The van der Waals surface area contributed by atoms with E-state index in [4.69, 9.17) is 4.42 Å². The van der Waals surface area contributed by atoms with Crippen LogP contribution < -0.4 is 5.32 Å². The Hall–Kier alpha value is -2.31. The predicted molar refractivity (Wildman–Crippen MR) is 84.3 cm³/mol. The van der Waals surface area contributed by atoms with Crippen LogP contribution in [0.3, 0.4) is 0 Å². The summed E-state index contributed by atoms with van der Waals surface area (Å²) >= 11 is 0. The molecule has 0 aromatic carbocycles. The zero-order valence-corrected chi connectivity index (χ0v) is 13.6. The Morgan fingerprint density at radius 1 is 1.33 bits per heavy atom. The molecule has 1 aliphatic heterocycles. The van der Waals surface area contributed by atoms with E-state index in [1.807, 2.05) is 0 Å². The van der Waals surface area contributed by atoms with Crippen molar-refractivity contribution >= 4 is 17.8 Å². The second kappa shape index (κ2) is 6.67. The summed E-state index contributed by atoms with van der Waals surface area (Å²) in [6, 6.07) is 1.48. The molecular weight excluding hydrogens is 312 g/mol. The van der Waals surface area contributed by atoms with E-state index in [1.165, 1.54) is 17.2 Å². The number of nitrogens with one attached hydrogen (secondary N) is 1. The second-order valence-corrected chi connectivity index (χ2v) is 6.62. The fourth-order valence-corrected chi connectivity index (χ4v) is 3.96. The quantitative estimate of drug-likeness (QED) is 0.872. The number of carbonyl (C=O) groups excluding carboxylic acids is 2. The van der Waals surface area contributed by atoms with E-state index >= 15 is 0 Å². The van der Waals surface area contributed by atoms with Crippen molar-refractivity contribution in [3.8, 4) is 0 Å². The molecule has 2 aliphatic rings. The Morgan fingerprint density at radius 3 is 2.75 bits per heavy atom. The minimum atomic E-state index is -0.970. The van der Waals surface area contributed by atoms with Gasteiger partial charge in [-0.2, -0.15) is 0 Å². The molecule has 1 aromatic heterocycles. The van der Waals surface area contributed by atoms with Crippen molar-refractivity contribution in [3.63, 3.8) is 0 Å². The van der Waals surface area contributed by atoms with Crippen LogP contribution in [0.5, 0.6) is 0 Å². The number of carboxylic acid groups (broad SMARTS) is 1. The van der Waals surface area contributed by atoms with Gasteiger partial charge in [0.05, 0.1) is 6.26 Å². The van der Waals surface area contributed by atoms with Crippen molar-refractivity contribution in [1.82, 2.24) is 10.2 Å². The Balaban J connectivity index is 1.73. The van der Waals surface area contributed by atoms with E-state index in [-0.39, 0.29) is 23.6 Å². The van der Waals surface area contributed by atoms with Gasteiger partial charge >= 0.3 is 5.97 Å². The maximum Gasteiger partial charge on any atom is 0.326 e. The second-order valence-electron chi connectivity index (χ2n) is 6.62. The summed E-state index contributed by atoms with van der Waals surface area (Å²) in [6.45, 7) is 1.58. The van der Waals surface area contributed by atoms with Crippen LogP contribution in [0.2, 0.25) is 0 Å². The van der Waals surface area contributed by atoms with Gasteiger partial charge in [-0.3, -0.25) is 9.59 Å². The first kappa shape index (κ1) is 16.5. The molecule has 7 heteroatoms. The van der Waals surface area contributed by atoms with Crippen LogP contribution in [0.15, 0.2) is 22.8 Å². The highest BCUT2D eigenvalue weighted by atomic mass is 16.4. The summed E-state index contributed by atoms with van der Waals surface area (Å²) in [5.74, 6) is -1.41. The monoisotopic (exact) mass is 334 g/mol. The van der Waals surface area contributed by atoms with Crippen LogP contribution in [0, 0.1) is 5.92 Å². The number of likely N-dealkylation sites (tertiary alicyclic amines) is 1. The fourth-order valence-electron chi connectivity index (χ4n) is 3.96. The molecule has 7 nitrogen and oxygen atoms in total. The number of hydrogen-bond acceptors (Lipinski definition) is 4. The lowest BCUT2D eigenvalue weighted by Crippen LogP contribution is -2.53. The van der Waals surface area contributed by atoms with Gasteiger partial charge < -0.3 is 19.7 Å². The molecule has 2 amide bonds. The van der Waals surface area contributed by atoms with Crippen LogP contribution in [-0.2, 0) is 9.59 Å². The lowest BCUT2D eigenvalue weighted by Gasteiger charge is -2.34. The normalized spacial score (nSPS) is 27.4. The number of furan rings is 1. The number of rotatable bonds is 4. The topological polar surface area (TPSA) is 99.9 Å². The average molecular weight is 334 g/mol. The first-order valence-electron chi connectivity index (χ1n) is 8.38. The first-order valence-corrected chi connectivity index (χ1v) is 8.38. The molecule has 3 rings (SSSR count). The van der Waals surface area contributed by atoms with Gasteiger partial charge in [-0.15, -0.1) is 0 Å². The molecule has 0 radical (unpaired) electrons. The van der Waals surface area contributed by atoms with Crippen LogP contribution in [-0.4, -0.2) is 45.9 Å². The van der Waals surface area contributed by atoms with Crippen molar-refractivity contribution < 1.29 is 23.9 Å². The summed E-state index contributed by atoms with van der Waals surface area (Å²) < 4.78 is 5.02. The zero-order chi connectivity index (χ0) is 17.3. The maximum absolute atomic E-state index is 12.8. The van der Waals surface area contributed by atoms with Crippen molar-refractivity contribution in [2.75, 3.05) is 0 Å². The zero-order valence-electron chi connectivity index (χ0n) is 13.6. The van der Waals surface area contributed by atoms with Crippen molar-refractivity contribution in [1.29, 1.82) is 0 Å². The molecule has 130 valence electrons. The molecular formula is C17H22N2O5. The van der Waals surface area contributed by atoms with E-state index in [0.29, 0.717) is 6.42 Å². The van der Waals surface area contributed by atoms with E-state index in [0.717, 1.165) is 25.7 Å². The molecule has 1 saturated carbocycles. The number of carbonyl (C=O) groups is 3. The van der Waals surface area contributed by atoms with Crippen LogP contribution in [0.4, 0.5) is 0 Å². The SMILES string of the molecule is CC(NC(=O)c1ccco1)C(=O)N1C(C(=O)O)CC2CCCCC21. The molecule has 2 heterocycles. The van der Waals surface area contributed by atoms with Gasteiger partial charge in [0, 0.05) is 6.04 Å². The van der Waals surface area contributed by atoms with Gasteiger partial charge in [-0.05, 0) is 44.2 Å². The molecule has 2 fully saturated rings. The van der Waals surface area contributed by atoms with Gasteiger partial charge in [-0.1, -0.05) is 12.8 Å². The summed E-state index contributed by atoms with van der Waals surface area (Å²) in [6.07, 6.45) is 5.77. The third-order valence-electron chi connectivity index (χ3n) is 5.09. The summed E-state index contributed by atoms with van der Waals surface area (Å²) in [5.41, 5.74) is 0. The third kappa shape index (κ3) is 3.02. The number of hydrogen-bond donors (Lipinski definition) is 2. The average Bonchev–Trinajstić information content (AvgIpc) is 3.21.